The number of anilines is 2. The first kappa shape index (κ1) is 12.8. The summed E-state index contributed by atoms with van der Waals surface area (Å²) in [7, 11) is 0. The van der Waals surface area contributed by atoms with Crippen LogP contribution in [0, 0.1) is 5.82 Å². The maximum Gasteiger partial charge on any atom is 0.250 e. The Kier molecular flexibility index (Phi) is 3.61. The van der Waals surface area contributed by atoms with E-state index in [4.69, 9.17) is 11.5 Å². The van der Waals surface area contributed by atoms with E-state index in [0.29, 0.717) is 11.4 Å². The second-order valence-electron chi connectivity index (χ2n) is 3.97. The zero-order valence-electron chi connectivity index (χ0n) is 10.1. The summed E-state index contributed by atoms with van der Waals surface area (Å²) in [6, 6.07) is 7.84. The van der Waals surface area contributed by atoms with Crippen LogP contribution in [0.15, 0.2) is 36.5 Å². The van der Waals surface area contributed by atoms with E-state index < -0.39 is 5.91 Å². The van der Waals surface area contributed by atoms with E-state index in [1.165, 1.54) is 18.3 Å². The Balaban J connectivity index is 2.14. The number of nitrogens with two attached hydrogens (primary N) is 2. The number of hydrogen-bond acceptors (Lipinski definition) is 4. The van der Waals surface area contributed by atoms with Gasteiger partial charge in [-0.15, -0.1) is 0 Å². The van der Waals surface area contributed by atoms with E-state index >= 15 is 0 Å². The van der Waals surface area contributed by atoms with Crippen LogP contribution >= 0.6 is 0 Å². The molecule has 0 aliphatic rings. The molecule has 0 aliphatic carbocycles. The minimum atomic E-state index is -0.631. The van der Waals surface area contributed by atoms with Crippen LogP contribution in [-0.2, 0) is 6.54 Å². The largest absolute Gasteiger partial charge is 0.397 e. The molecule has 5 N–H and O–H groups in total. The molecule has 0 atom stereocenters. The van der Waals surface area contributed by atoms with Crippen molar-refractivity contribution in [1.29, 1.82) is 0 Å². The predicted molar refractivity (Wildman–Crippen MR) is 70.9 cm³/mol. The number of nitrogens with one attached hydrogen (secondary N) is 1. The van der Waals surface area contributed by atoms with Gasteiger partial charge in [-0.05, 0) is 12.1 Å². The third kappa shape index (κ3) is 2.98. The molecule has 0 radical (unpaired) electrons. The zero-order valence-corrected chi connectivity index (χ0v) is 10.1. The Labute approximate surface area is 109 Å². The number of carbonyl (C=O) groups is 1. The summed E-state index contributed by atoms with van der Waals surface area (Å²) in [5.41, 5.74) is 11.7. The molecule has 0 unspecified atom stereocenters. The second-order valence-corrected chi connectivity index (χ2v) is 3.97. The molecule has 0 saturated carbocycles. The summed E-state index contributed by atoms with van der Waals surface area (Å²) >= 11 is 0. The molecule has 5 nitrogen and oxygen atoms in total. The van der Waals surface area contributed by atoms with Crippen LogP contribution in [0.4, 0.5) is 15.9 Å². The van der Waals surface area contributed by atoms with E-state index in [0.717, 1.165) is 0 Å². The van der Waals surface area contributed by atoms with Crippen LogP contribution in [0.2, 0.25) is 0 Å². The van der Waals surface area contributed by atoms with Crippen molar-refractivity contribution in [2.45, 2.75) is 6.54 Å². The van der Waals surface area contributed by atoms with Crippen molar-refractivity contribution in [3.05, 3.63) is 53.5 Å². The summed E-state index contributed by atoms with van der Waals surface area (Å²) in [4.78, 5) is 15.1. The van der Waals surface area contributed by atoms with E-state index in [1.54, 1.807) is 18.2 Å². The number of halogens is 1. The maximum atomic E-state index is 13.4. The topological polar surface area (TPSA) is 94.0 Å². The van der Waals surface area contributed by atoms with Crippen LogP contribution in [-0.4, -0.2) is 10.9 Å². The van der Waals surface area contributed by atoms with Gasteiger partial charge in [-0.25, -0.2) is 9.37 Å². The molecule has 0 fully saturated rings. The zero-order chi connectivity index (χ0) is 13.8. The number of amides is 1. The minimum Gasteiger partial charge on any atom is -0.397 e. The number of hydrogen-bond donors (Lipinski definition) is 3. The molecule has 1 amide bonds. The normalized spacial score (nSPS) is 10.2. The molecule has 2 rings (SSSR count). The molecular weight excluding hydrogens is 247 g/mol. The monoisotopic (exact) mass is 260 g/mol. The average Bonchev–Trinajstić information content (AvgIpc) is 2.39. The lowest BCUT2D eigenvalue weighted by atomic mass is 10.2. The first-order valence-electron chi connectivity index (χ1n) is 5.60. The fourth-order valence-electron chi connectivity index (χ4n) is 1.60. The van der Waals surface area contributed by atoms with Crippen molar-refractivity contribution in [2.24, 2.45) is 5.73 Å². The Bertz CT molecular complexity index is 615. The van der Waals surface area contributed by atoms with Gasteiger partial charge in [-0.1, -0.05) is 18.2 Å². The Morgan fingerprint density at radius 3 is 2.79 bits per heavy atom. The first-order valence-corrected chi connectivity index (χ1v) is 5.60. The SMILES string of the molecule is NC(=O)c1cc(NCc2ccccc2F)ncc1N. The molecule has 0 bridgehead atoms. The molecule has 2 aromatic rings. The van der Waals surface area contributed by atoms with Gasteiger partial charge in [0.15, 0.2) is 0 Å². The highest BCUT2D eigenvalue weighted by Gasteiger charge is 2.08. The van der Waals surface area contributed by atoms with E-state index in [-0.39, 0.29) is 23.6 Å². The summed E-state index contributed by atoms with van der Waals surface area (Å²) in [6.07, 6.45) is 1.34. The number of nitrogens with zero attached hydrogens (tertiary/aromatic N) is 1. The fraction of sp³-hybridized carbons (Fsp3) is 0.0769. The minimum absolute atomic E-state index is 0.186. The highest BCUT2D eigenvalue weighted by molar-refractivity contribution is 5.98. The van der Waals surface area contributed by atoms with Gasteiger partial charge in [0.2, 0.25) is 0 Å². The van der Waals surface area contributed by atoms with Gasteiger partial charge in [0.25, 0.3) is 5.91 Å². The number of primary amides is 1. The number of benzene rings is 1. The number of nitrogen functional groups attached to an aromatic ring is 1. The van der Waals surface area contributed by atoms with Gasteiger partial charge in [-0.3, -0.25) is 4.79 Å². The molecule has 6 heteroatoms. The Hall–Kier alpha value is -2.63. The molecule has 0 spiro atoms. The lowest BCUT2D eigenvalue weighted by Gasteiger charge is -2.08. The molecule has 19 heavy (non-hydrogen) atoms. The van der Waals surface area contributed by atoms with Crippen molar-refractivity contribution < 1.29 is 9.18 Å². The van der Waals surface area contributed by atoms with Crippen LogP contribution in [0.3, 0.4) is 0 Å². The lowest BCUT2D eigenvalue weighted by Crippen LogP contribution is -2.14. The van der Waals surface area contributed by atoms with Crippen molar-refractivity contribution in [2.75, 3.05) is 11.1 Å². The van der Waals surface area contributed by atoms with E-state index in [9.17, 15) is 9.18 Å². The Morgan fingerprint density at radius 2 is 2.11 bits per heavy atom. The average molecular weight is 260 g/mol. The number of rotatable bonds is 4. The number of pyridine rings is 1. The highest BCUT2D eigenvalue weighted by atomic mass is 19.1. The molecule has 0 aliphatic heterocycles. The van der Waals surface area contributed by atoms with Crippen molar-refractivity contribution in [3.63, 3.8) is 0 Å². The predicted octanol–water partition coefficient (Wildman–Crippen LogP) is 1.51. The molecular formula is C13H13FN4O. The van der Waals surface area contributed by atoms with Gasteiger partial charge < -0.3 is 16.8 Å². The van der Waals surface area contributed by atoms with Crippen LogP contribution in [0.1, 0.15) is 15.9 Å². The summed E-state index contributed by atoms with van der Waals surface area (Å²) in [6.45, 7) is 0.252. The van der Waals surface area contributed by atoms with Gasteiger partial charge >= 0.3 is 0 Å². The molecule has 1 aromatic heterocycles. The first-order chi connectivity index (χ1) is 9.08. The number of carbonyl (C=O) groups excluding carboxylic acids is 1. The molecule has 0 saturated heterocycles. The van der Waals surface area contributed by atoms with Crippen molar-refractivity contribution in [1.82, 2.24) is 4.98 Å². The van der Waals surface area contributed by atoms with Gasteiger partial charge in [0.1, 0.15) is 11.6 Å². The van der Waals surface area contributed by atoms with Gasteiger partial charge in [0.05, 0.1) is 17.4 Å². The van der Waals surface area contributed by atoms with Gasteiger partial charge in [0, 0.05) is 12.1 Å². The van der Waals surface area contributed by atoms with Crippen LogP contribution < -0.4 is 16.8 Å². The molecule has 98 valence electrons. The lowest BCUT2D eigenvalue weighted by molar-refractivity contribution is 0.100. The summed E-state index contributed by atoms with van der Waals surface area (Å²) in [5, 5.41) is 2.91. The smallest absolute Gasteiger partial charge is 0.250 e. The van der Waals surface area contributed by atoms with Gasteiger partial charge in [-0.2, -0.15) is 0 Å². The van der Waals surface area contributed by atoms with E-state index in [1.807, 2.05) is 0 Å². The van der Waals surface area contributed by atoms with Crippen LogP contribution in [0.5, 0.6) is 0 Å². The summed E-state index contributed by atoms with van der Waals surface area (Å²) in [5.74, 6) is -0.527. The maximum absolute atomic E-state index is 13.4. The fourth-order valence-corrected chi connectivity index (χ4v) is 1.60. The Morgan fingerprint density at radius 1 is 1.37 bits per heavy atom. The molecule has 1 heterocycles. The standard InChI is InChI=1S/C13H13FN4O/c14-10-4-2-1-3-8(10)6-17-12-5-9(13(16)19)11(15)7-18-12/h1-5,7H,6,15H2,(H2,16,19)(H,17,18). The van der Waals surface area contributed by atoms with E-state index in [2.05, 4.69) is 10.3 Å². The third-order valence-electron chi connectivity index (χ3n) is 2.62. The van der Waals surface area contributed by atoms with Crippen molar-refractivity contribution >= 4 is 17.4 Å². The summed E-state index contributed by atoms with van der Waals surface area (Å²) < 4.78 is 13.4. The quantitative estimate of drug-likeness (QED) is 0.776. The third-order valence-corrected chi connectivity index (χ3v) is 2.62. The highest BCUT2D eigenvalue weighted by Crippen LogP contribution is 2.15. The van der Waals surface area contributed by atoms with Crippen molar-refractivity contribution in [3.8, 4) is 0 Å². The second kappa shape index (κ2) is 5.34. The molecule has 1 aromatic carbocycles. The number of aromatic nitrogens is 1. The van der Waals surface area contributed by atoms with Crippen LogP contribution in [0.25, 0.3) is 0 Å².